The number of aromatic nitrogens is 2. The maximum absolute atomic E-state index is 12.6. The van der Waals surface area contributed by atoms with Crippen molar-refractivity contribution in [2.45, 2.75) is 103 Å². The first-order chi connectivity index (χ1) is 18.0. The fourth-order valence-corrected chi connectivity index (χ4v) is 3.55. The number of nitrogens with two attached hydrogens (primary N) is 1. The predicted octanol–water partition coefficient (Wildman–Crippen LogP) is 0.156. The number of nitrogens with one attached hydrogen (secondary N) is 1. The van der Waals surface area contributed by atoms with Crippen molar-refractivity contribution in [2.24, 2.45) is 0 Å². The van der Waals surface area contributed by atoms with Crippen LogP contribution in [0.3, 0.4) is 0 Å². The number of aliphatic hydroxyl groups is 2. The molecule has 0 aromatic carbocycles. The van der Waals surface area contributed by atoms with Gasteiger partial charge in [-0.25, -0.2) is 9.59 Å². The van der Waals surface area contributed by atoms with E-state index in [1.807, 2.05) is 0 Å². The molecule has 2 rings (SSSR count). The van der Waals surface area contributed by atoms with E-state index in [1.54, 1.807) is 41.5 Å². The molecule has 4 unspecified atom stereocenters. The van der Waals surface area contributed by atoms with Gasteiger partial charge in [0.25, 0.3) is 0 Å². The third-order valence-corrected chi connectivity index (χ3v) is 5.19. The summed E-state index contributed by atoms with van der Waals surface area (Å²) >= 11 is 0. The Morgan fingerprint density at radius 2 is 1.87 bits per heavy atom. The molecule has 0 radical (unpaired) electrons. The molecule has 13 nitrogen and oxygen atoms in total. The lowest BCUT2D eigenvalue weighted by molar-refractivity contribution is -0.165. The Morgan fingerprint density at radius 3 is 2.44 bits per heavy atom. The van der Waals surface area contributed by atoms with Crippen molar-refractivity contribution in [3.05, 3.63) is 22.2 Å². The first kappa shape index (κ1) is 31.7. The van der Waals surface area contributed by atoms with Crippen LogP contribution in [0, 0.1) is 11.8 Å². The first-order valence-electron chi connectivity index (χ1n) is 12.5. The van der Waals surface area contributed by atoms with Gasteiger partial charge < -0.3 is 35.5 Å². The van der Waals surface area contributed by atoms with E-state index in [0.29, 0.717) is 0 Å². The minimum Gasteiger partial charge on any atom is -0.460 e. The van der Waals surface area contributed by atoms with Crippen LogP contribution in [0.25, 0.3) is 0 Å². The van der Waals surface area contributed by atoms with Crippen LogP contribution < -0.4 is 16.7 Å². The van der Waals surface area contributed by atoms with E-state index in [-0.39, 0.29) is 30.6 Å². The molecule has 1 aromatic rings. The molecule has 0 bridgehead atoms. The van der Waals surface area contributed by atoms with E-state index in [1.165, 1.54) is 6.20 Å². The third-order valence-electron chi connectivity index (χ3n) is 5.19. The minimum atomic E-state index is -1.24. The Bertz CT molecular complexity index is 1170. The second kappa shape index (κ2) is 13.1. The molecule has 1 aliphatic heterocycles. The topological polar surface area (TPSA) is 192 Å². The highest BCUT2D eigenvalue weighted by atomic mass is 16.6. The molecule has 0 spiro atoms. The van der Waals surface area contributed by atoms with Gasteiger partial charge >= 0.3 is 17.6 Å². The van der Waals surface area contributed by atoms with E-state index >= 15 is 0 Å². The Balaban J connectivity index is 2.06. The summed E-state index contributed by atoms with van der Waals surface area (Å²) in [5.74, 6) is 3.43. The fraction of sp³-hybridized carbons (Fsp3) is 0.654. The standard InChI is InChI=1S/C26H38N4O9/c1-25(2,3)38-21(34)11-16(23(35)39-26(4,5)6)28-19(33)10-8-7-9-15-13-30(24(36)29-22(15)27)20-12-17(32)18(14-31)37-20/h13,16-18,20,31-32H,8,10-12,14H2,1-6H3,(H,28,33)(H2,27,29,36). The minimum absolute atomic E-state index is 0.0586. The van der Waals surface area contributed by atoms with Crippen molar-refractivity contribution in [3.63, 3.8) is 0 Å². The van der Waals surface area contributed by atoms with Crippen LogP contribution in [0.5, 0.6) is 0 Å². The van der Waals surface area contributed by atoms with E-state index in [0.717, 1.165) is 4.57 Å². The average Bonchev–Trinajstić information content (AvgIpc) is 3.15. The predicted molar refractivity (Wildman–Crippen MR) is 139 cm³/mol. The molecular weight excluding hydrogens is 512 g/mol. The van der Waals surface area contributed by atoms with E-state index in [4.69, 9.17) is 19.9 Å². The lowest BCUT2D eigenvalue weighted by Crippen LogP contribution is -2.46. The van der Waals surface area contributed by atoms with Crippen molar-refractivity contribution < 1.29 is 38.8 Å². The molecule has 5 N–H and O–H groups in total. The van der Waals surface area contributed by atoms with E-state index in [2.05, 4.69) is 22.1 Å². The number of esters is 2. The van der Waals surface area contributed by atoms with Crippen LogP contribution in [0.1, 0.15) is 79.0 Å². The number of rotatable bonds is 8. The molecule has 1 aliphatic rings. The number of hydrogen-bond donors (Lipinski definition) is 4. The molecule has 1 amide bonds. The van der Waals surface area contributed by atoms with Crippen LogP contribution in [0.4, 0.5) is 5.82 Å². The average molecular weight is 551 g/mol. The molecule has 1 aromatic heterocycles. The smallest absolute Gasteiger partial charge is 0.351 e. The quantitative estimate of drug-likeness (QED) is 0.254. The molecule has 0 saturated carbocycles. The first-order valence-corrected chi connectivity index (χ1v) is 12.5. The summed E-state index contributed by atoms with van der Waals surface area (Å²) in [5.41, 5.74) is 3.73. The Kier molecular flexibility index (Phi) is 10.6. The van der Waals surface area contributed by atoms with Gasteiger partial charge in [-0.15, -0.1) is 0 Å². The SMILES string of the molecule is CC(C)(C)OC(=O)CC(NC(=O)CCC#Cc1cn(C2CC(O)C(CO)O2)c(=O)nc1N)C(=O)OC(C)(C)C. The zero-order valence-corrected chi connectivity index (χ0v) is 23.1. The second-order valence-corrected chi connectivity index (χ2v) is 11.1. The van der Waals surface area contributed by atoms with E-state index < -0.39 is 72.2 Å². The second-order valence-electron chi connectivity index (χ2n) is 11.1. The summed E-state index contributed by atoms with van der Waals surface area (Å²) in [5, 5.41) is 21.7. The number of carbonyl (C=O) groups excluding carboxylic acids is 3. The molecule has 39 heavy (non-hydrogen) atoms. The van der Waals surface area contributed by atoms with Crippen LogP contribution >= 0.6 is 0 Å². The fourth-order valence-electron chi connectivity index (χ4n) is 3.55. The zero-order chi connectivity index (χ0) is 29.5. The van der Waals surface area contributed by atoms with Gasteiger partial charge in [0.15, 0.2) is 0 Å². The molecular formula is C26H38N4O9. The molecule has 1 saturated heterocycles. The molecule has 13 heteroatoms. The Hall–Kier alpha value is -3.47. The maximum Gasteiger partial charge on any atom is 0.351 e. The number of nitrogen functional groups attached to an aromatic ring is 1. The van der Waals surface area contributed by atoms with Gasteiger partial charge in [-0.1, -0.05) is 11.8 Å². The molecule has 1 fully saturated rings. The summed E-state index contributed by atoms with van der Waals surface area (Å²) in [7, 11) is 0. The zero-order valence-electron chi connectivity index (χ0n) is 23.1. The molecule has 216 valence electrons. The van der Waals surface area contributed by atoms with Crippen molar-refractivity contribution in [1.29, 1.82) is 0 Å². The summed E-state index contributed by atoms with van der Waals surface area (Å²) < 4.78 is 17.2. The molecule has 2 heterocycles. The van der Waals surface area contributed by atoms with Crippen LogP contribution in [-0.4, -0.2) is 73.7 Å². The summed E-state index contributed by atoms with van der Waals surface area (Å²) in [6, 6.07) is -1.24. The number of hydrogen-bond acceptors (Lipinski definition) is 11. The number of nitrogens with zero attached hydrogens (tertiary/aromatic N) is 2. The molecule has 4 atom stereocenters. The van der Waals surface area contributed by atoms with Gasteiger partial charge in [0.05, 0.1) is 24.7 Å². The third kappa shape index (κ3) is 10.3. The highest BCUT2D eigenvalue weighted by Crippen LogP contribution is 2.27. The number of ether oxygens (including phenoxy) is 3. The van der Waals surface area contributed by atoms with Crippen molar-refractivity contribution in [3.8, 4) is 11.8 Å². The maximum atomic E-state index is 12.6. The highest BCUT2D eigenvalue weighted by molar-refractivity contribution is 5.88. The summed E-state index contributed by atoms with van der Waals surface area (Å²) in [6.07, 6.45) is -1.65. The number of anilines is 1. The normalized spacial score (nSPS) is 19.9. The summed E-state index contributed by atoms with van der Waals surface area (Å²) in [4.78, 5) is 53.5. The van der Waals surface area contributed by atoms with Crippen LogP contribution in [0.2, 0.25) is 0 Å². The number of carbonyl (C=O) groups is 3. The molecule has 0 aliphatic carbocycles. The van der Waals surface area contributed by atoms with E-state index in [9.17, 15) is 29.4 Å². The highest BCUT2D eigenvalue weighted by Gasteiger charge is 2.35. The van der Waals surface area contributed by atoms with Gasteiger partial charge in [0, 0.05) is 25.5 Å². The Labute approximate surface area is 227 Å². The van der Waals surface area contributed by atoms with Gasteiger partial charge in [0.1, 0.15) is 35.4 Å². The number of amides is 1. The largest absolute Gasteiger partial charge is 0.460 e. The van der Waals surface area contributed by atoms with Crippen molar-refractivity contribution in [2.75, 3.05) is 12.3 Å². The van der Waals surface area contributed by atoms with Gasteiger partial charge in [-0.3, -0.25) is 14.2 Å². The van der Waals surface area contributed by atoms with Crippen molar-refractivity contribution in [1.82, 2.24) is 14.9 Å². The van der Waals surface area contributed by atoms with Crippen LogP contribution in [-0.2, 0) is 28.6 Å². The lowest BCUT2D eigenvalue weighted by atomic mass is 10.1. The van der Waals surface area contributed by atoms with Gasteiger partial charge in [-0.05, 0) is 41.5 Å². The van der Waals surface area contributed by atoms with Gasteiger partial charge in [0.2, 0.25) is 5.91 Å². The number of aliphatic hydroxyl groups excluding tert-OH is 2. The van der Waals surface area contributed by atoms with Crippen LogP contribution in [0.15, 0.2) is 11.0 Å². The monoisotopic (exact) mass is 550 g/mol. The van der Waals surface area contributed by atoms with Crippen molar-refractivity contribution >= 4 is 23.7 Å². The van der Waals surface area contributed by atoms with Gasteiger partial charge in [-0.2, -0.15) is 4.98 Å². The lowest BCUT2D eigenvalue weighted by Gasteiger charge is -2.25. The Morgan fingerprint density at radius 1 is 1.23 bits per heavy atom. The summed E-state index contributed by atoms with van der Waals surface area (Å²) in [6.45, 7) is 9.67.